The summed E-state index contributed by atoms with van der Waals surface area (Å²) in [6.07, 6.45) is 3.06. The molecule has 0 bridgehead atoms. The molecule has 1 heterocycles. The molecule has 0 fully saturated rings. The van der Waals surface area contributed by atoms with Crippen LogP contribution in [0.3, 0.4) is 0 Å². The number of hydrogen-bond donors (Lipinski definition) is 1. The monoisotopic (exact) mass is 312 g/mol. The highest BCUT2D eigenvalue weighted by molar-refractivity contribution is 7.09. The van der Waals surface area contributed by atoms with Gasteiger partial charge in [0.25, 0.3) is 0 Å². The van der Waals surface area contributed by atoms with E-state index in [1.165, 1.54) is 17.4 Å². The second-order valence-corrected chi connectivity index (χ2v) is 5.56. The van der Waals surface area contributed by atoms with Crippen LogP contribution in [0.25, 0.3) is 6.08 Å². The van der Waals surface area contributed by atoms with E-state index in [-0.39, 0.29) is 5.91 Å². The zero-order chi connectivity index (χ0) is 13.8. The van der Waals surface area contributed by atoms with Crippen LogP contribution in [0.2, 0.25) is 10.0 Å². The lowest BCUT2D eigenvalue weighted by molar-refractivity contribution is -0.111. The second-order valence-electron chi connectivity index (χ2n) is 3.72. The molecule has 1 aromatic carbocycles. The lowest BCUT2D eigenvalue weighted by Crippen LogP contribution is -2.08. The van der Waals surface area contributed by atoms with E-state index in [1.807, 2.05) is 12.3 Å². The van der Waals surface area contributed by atoms with Gasteiger partial charge in [-0.2, -0.15) is 0 Å². The molecule has 0 radical (unpaired) electrons. The first-order valence-electron chi connectivity index (χ1n) is 5.41. The molecule has 0 saturated carbocycles. The molecular formula is C13H10Cl2N2OS. The van der Waals surface area contributed by atoms with E-state index >= 15 is 0 Å². The molecule has 0 aliphatic heterocycles. The van der Waals surface area contributed by atoms with E-state index in [2.05, 4.69) is 10.3 Å². The molecule has 2 aromatic rings. The predicted molar refractivity (Wildman–Crippen MR) is 81.0 cm³/mol. The van der Waals surface area contributed by atoms with Gasteiger partial charge in [-0.15, -0.1) is 11.3 Å². The van der Waals surface area contributed by atoms with Crippen molar-refractivity contribution in [2.45, 2.75) is 6.92 Å². The molecule has 0 saturated heterocycles. The Morgan fingerprint density at radius 2 is 2.21 bits per heavy atom. The maximum atomic E-state index is 11.7. The van der Waals surface area contributed by atoms with Gasteiger partial charge in [0.15, 0.2) is 0 Å². The van der Waals surface area contributed by atoms with E-state index in [0.29, 0.717) is 15.7 Å². The molecule has 2 rings (SSSR count). The maximum absolute atomic E-state index is 11.7. The van der Waals surface area contributed by atoms with Gasteiger partial charge in [-0.05, 0) is 25.1 Å². The number of rotatable bonds is 3. The van der Waals surface area contributed by atoms with E-state index in [4.69, 9.17) is 23.2 Å². The predicted octanol–water partition coefficient (Wildman–Crippen LogP) is 4.41. The van der Waals surface area contributed by atoms with Crippen molar-refractivity contribution in [1.82, 2.24) is 4.98 Å². The fourth-order valence-electron chi connectivity index (χ4n) is 1.39. The van der Waals surface area contributed by atoms with Crippen molar-refractivity contribution in [3.8, 4) is 0 Å². The van der Waals surface area contributed by atoms with Gasteiger partial charge >= 0.3 is 0 Å². The van der Waals surface area contributed by atoms with Crippen molar-refractivity contribution in [1.29, 1.82) is 0 Å². The number of thiazole rings is 1. The average molecular weight is 313 g/mol. The lowest BCUT2D eigenvalue weighted by atomic mass is 10.3. The number of nitrogens with zero attached hydrogens (tertiary/aromatic N) is 1. The Morgan fingerprint density at radius 3 is 2.89 bits per heavy atom. The summed E-state index contributed by atoms with van der Waals surface area (Å²) in [5, 5.41) is 6.23. The Bertz CT molecular complexity index is 637. The minimum atomic E-state index is -0.283. The third kappa shape index (κ3) is 3.80. The molecule has 1 N–H and O–H groups in total. The first kappa shape index (κ1) is 14.1. The molecule has 6 heteroatoms. The third-order valence-electron chi connectivity index (χ3n) is 2.25. The minimum absolute atomic E-state index is 0.283. The Balaban J connectivity index is 2.05. The first-order chi connectivity index (χ1) is 9.06. The van der Waals surface area contributed by atoms with Crippen molar-refractivity contribution < 1.29 is 4.79 Å². The van der Waals surface area contributed by atoms with Crippen LogP contribution in [-0.4, -0.2) is 10.9 Å². The van der Waals surface area contributed by atoms with Crippen LogP contribution >= 0.6 is 34.5 Å². The van der Waals surface area contributed by atoms with Crippen LogP contribution in [0, 0.1) is 6.92 Å². The molecule has 0 aliphatic rings. The average Bonchev–Trinajstić information content (AvgIpc) is 2.78. The SMILES string of the molecule is Cc1nc(/C=C/C(=O)Nc2cccc(Cl)c2Cl)cs1. The Hall–Kier alpha value is -1.36. The highest BCUT2D eigenvalue weighted by Crippen LogP contribution is 2.29. The van der Waals surface area contributed by atoms with Crippen LogP contribution in [0.1, 0.15) is 10.7 Å². The molecule has 19 heavy (non-hydrogen) atoms. The van der Waals surface area contributed by atoms with E-state index < -0.39 is 0 Å². The number of hydrogen-bond acceptors (Lipinski definition) is 3. The van der Waals surface area contributed by atoms with Gasteiger partial charge < -0.3 is 5.32 Å². The number of carbonyl (C=O) groups excluding carboxylic acids is 1. The van der Waals surface area contributed by atoms with E-state index in [1.54, 1.807) is 24.3 Å². The summed E-state index contributed by atoms with van der Waals surface area (Å²) >= 11 is 13.4. The van der Waals surface area contributed by atoms with Gasteiger partial charge in [0.05, 0.1) is 26.4 Å². The highest BCUT2D eigenvalue weighted by atomic mass is 35.5. The Labute approximate surface area is 124 Å². The van der Waals surface area contributed by atoms with Crippen molar-refractivity contribution in [2.75, 3.05) is 5.32 Å². The zero-order valence-corrected chi connectivity index (χ0v) is 12.3. The van der Waals surface area contributed by atoms with E-state index in [0.717, 1.165) is 10.7 Å². The van der Waals surface area contributed by atoms with Gasteiger partial charge in [0.1, 0.15) is 0 Å². The summed E-state index contributed by atoms with van der Waals surface area (Å²) in [6.45, 7) is 1.91. The largest absolute Gasteiger partial charge is 0.321 e. The Kier molecular flexibility index (Phi) is 4.58. The maximum Gasteiger partial charge on any atom is 0.248 e. The summed E-state index contributed by atoms with van der Waals surface area (Å²) in [5.74, 6) is -0.283. The van der Waals surface area contributed by atoms with Crippen LogP contribution in [0.5, 0.6) is 0 Å². The summed E-state index contributed by atoms with van der Waals surface area (Å²) in [4.78, 5) is 16.0. The number of aromatic nitrogens is 1. The van der Waals surface area contributed by atoms with Crippen molar-refractivity contribution in [2.24, 2.45) is 0 Å². The van der Waals surface area contributed by atoms with Crippen LogP contribution in [0.4, 0.5) is 5.69 Å². The topological polar surface area (TPSA) is 42.0 Å². The normalized spacial score (nSPS) is 10.9. The molecular weight excluding hydrogens is 303 g/mol. The standard InChI is InChI=1S/C13H10Cl2N2OS/c1-8-16-9(7-19-8)5-6-12(18)17-11-4-2-3-10(14)13(11)15/h2-7H,1H3,(H,17,18)/b6-5+. The van der Waals surface area contributed by atoms with Gasteiger partial charge in [0.2, 0.25) is 5.91 Å². The minimum Gasteiger partial charge on any atom is -0.321 e. The summed E-state index contributed by atoms with van der Waals surface area (Å²) in [5.41, 5.74) is 1.24. The summed E-state index contributed by atoms with van der Waals surface area (Å²) in [6, 6.07) is 5.07. The van der Waals surface area contributed by atoms with Crippen LogP contribution in [-0.2, 0) is 4.79 Å². The molecule has 1 amide bonds. The summed E-state index contributed by atoms with van der Waals surface area (Å²) in [7, 11) is 0. The molecule has 0 unspecified atom stereocenters. The zero-order valence-electron chi connectivity index (χ0n) is 9.98. The molecule has 0 atom stereocenters. The number of amides is 1. The van der Waals surface area contributed by atoms with Crippen LogP contribution < -0.4 is 5.32 Å². The number of anilines is 1. The fourth-order valence-corrected chi connectivity index (χ4v) is 2.32. The van der Waals surface area contributed by atoms with Gasteiger partial charge in [-0.25, -0.2) is 4.98 Å². The third-order valence-corrected chi connectivity index (χ3v) is 3.86. The molecule has 0 aliphatic carbocycles. The number of nitrogens with one attached hydrogen (secondary N) is 1. The first-order valence-corrected chi connectivity index (χ1v) is 7.05. The number of halogens is 2. The van der Waals surface area contributed by atoms with Crippen molar-refractivity contribution >= 4 is 52.2 Å². The van der Waals surface area contributed by atoms with E-state index in [9.17, 15) is 4.79 Å². The highest BCUT2D eigenvalue weighted by Gasteiger charge is 2.06. The van der Waals surface area contributed by atoms with Gasteiger partial charge in [0, 0.05) is 11.5 Å². The molecule has 98 valence electrons. The number of benzene rings is 1. The molecule has 1 aromatic heterocycles. The van der Waals surface area contributed by atoms with Crippen molar-refractivity contribution in [3.63, 3.8) is 0 Å². The Morgan fingerprint density at radius 1 is 1.42 bits per heavy atom. The number of aryl methyl sites for hydroxylation is 1. The smallest absolute Gasteiger partial charge is 0.248 e. The quantitative estimate of drug-likeness (QED) is 0.853. The van der Waals surface area contributed by atoms with Gasteiger partial charge in [-0.1, -0.05) is 29.3 Å². The van der Waals surface area contributed by atoms with Crippen molar-refractivity contribution in [3.05, 3.63) is 50.4 Å². The van der Waals surface area contributed by atoms with Gasteiger partial charge in [-0.3, -0.25) is 4.79 Å². The number of carbonyl (C=O) groups is 1. The second kappa shape index (κ2) is 6.19. The fraction of sp³-hybridized carbons (Fsp3) is 0.0769. The molecule has 0 spiro atoms. The molecule has 3 nitrogen and oxygen atoms in total. The lowest BCUT2D eigenvalue weighted by Gasteiger charge is -2.05. The van der Waals surface area contributed by atoms with Crippen LogP contribution in [0.15, 0.2) is 29.7 Å². The summed E-state index contributed by atoms with van der Waals surface area (Å²) < 4.78 is 0.